The highest BCUT2D eigenvalue weighted by Gasteiger charge is 2.30. The predicted octanol–water partition coefficient (Wildman–Crippen LogP) is 8.81. The van der Waals surface area contributed by atoms with Crippen LogP contribution in [0.25, 0.3) is 22.5 Å². The number of nitrogens with zero attached hydrogens (tertiary/aromatic N) is 3. The van der Waals surface area contributed by atoms with Crippen molar-refractivity contribution < 1.29 is 23.9 Å². The lowest BCUT2D eigenvalue weighted by Crippen LogP contribution is -2.48. The zero-order chi connectivity index (χ0) is 38.8. The Labute approximate surface area is 320 Å². The summed E-state index contributed by atoms with van der Waals surface area (Å²) >= 11 is 1.46. The summed E-state index contributed by atoms with van der Waals surface area (Å²) in [6.07, 6.45) is 11.0. The maximum Gasteiger partial charge on any atom is 0.311 e. The summed E-state index contributed by atoms with van der Waals surface area (Å²) in [7, 11) is 3.42. The predicted molar refractivity (Wildman–Crippen MR) is 216 cm³/mol. The number of rotatable bonds is 15. The van der Waals surface area contributed by atoms with Gasteiger partial charge in [0.2, 0.25) is 0 Å². The monoisotopic (exact) mass is 742 g/mol. The minimum Gasteiger partial charge on any atom is -0.494 e. The van der Waals surface area contributed by atoms with E-state index >= 15 is 0 Å². The molecule has 5 rings (SSSR count). The van der Waals surface area contributed by atoms with Gasteiger partial charge in [-0.25, -0.2) is 9.97 Å². The lowest BCUT2D eigenvalue weighted by molar-refractivity contribution is -0.150. The number of hydrogen-bond donors (Lipinski definition) is 1. The fourth-order valence-corrected chi connectivity index (χ4v) is 6.53. The van der Waals surface area contributed by atoms with Crippen molar-refractivity contribution in [3.63, 3.8) is 0 Å². The van der Waals surface area contributed by atoms with Crippen LogP contribution in [0.4, 0.5) is 0 Å². The number of aromatic nitrogens is 2. The molecule has 4 aromatic rings. The number of likely N-dealkylation sites (tertiary alicyclic amines) is 1. The third-order valence-electron chi connectivity index (χ3n) is 8.67. The number of thiophene rings is 1. The molecule has 0 bridgehead atoms. The van der Waals surface area contributed by atoms with Gasteiger partial charge in [0, 0.05) is 41.5 Å². The molecule has 1 N–H and O–H groups in total. The average molecular weight is 743 g/mol. The maximum absolute atomic E-state index is 12.7. The van der Waals surface area contributed by atoms with Crippen LogP contribution in [0.1, 0.15) is 93.8 Å². The van der Waals surface area contributed by atoms with Gasteiger partial charge in [0.15, 0.2) is 5.82 Å². The van der Waals surface area contributed by atoms with Crippen molar-refractivity contribution in [1.82, 2.24) is 20.2 Å². The Morgan fingerprint density at radius 1 is 0.906 bits per heavy atom. The zero-order valence-electron chi connectivity index (χ0n) is 32.8. The smallest absolute Gasteiger partial charge is 0.311 e. The molecule has 2 aromatic carbocycles. The summed E-state index contributed by atoms with van der Waals surface area (Å²) in [5.74, 6) is 1.34. The quantitative estimate of drug-likeness (QED) is 0.0731. The molecular weight excluding hydrogens is 685 g/mol. The molecule has 2 aromatic heterocycles. The van der Waals surface area contributed by atoms with E-state index in [0.29, 0.717) is 17.1 Å². The molecule has 1 saturated heterocycles. The van der Waals surface area contributed by atoms with Crippen LogP contribution >= 0.6 is 11.3 Å². The molecule has 0 radical (unpaired) electrons. The van der Waals surface area contributed by atoms with Gasteiger partial charge in [0.05, 0.1) is 30.6 Å². The summed E-state index contributed by atoms with van der Waals surface area (Å²) in [5.41, 5.74) is 3.77. The van der Waals surface area contributed by atoms with Crippen molar-refractivity contribution in [1.29, 1.82) is 0 Å². The van der Waals surface area contributed by atoms with Gasteiger partial charge in [0.1, 0.15) is 12.0 Å². The average Bonchev–Trinajstić information content (AvgIpc) is 3.68. The van der Waals surface area contributed by atoms with Crippen LogP contribution in [-0.2, 0) is 26.2 Å². The van der Waals surface area contributed by atoms with Gasteiger partial charge in [-0.3, -0.25) is 9.59 Å². The third kappa shape index (κ3) is 13.8. The van der Waals surface area contributed by atoms with Gasteiger partial charge < -0.3 is 24.5 Å². The summed E-state index contributed by atoms with van der Waals surface area (Å²) < 4.78 is 10.4. The van der Waals surface area contributed by atoms with Crippen molar-refractivity contribution in [3.8, 4) is 28.3 Å². The first-order chi connectivity index (χ1) is 25.5. The summed E-state index contributed by atoms with van der Waals surface area (Å²) in [6.45, 7) is 15.0. The van der Waals surface area contributed by atoms with Crippen molar-refractivity contribution >= 4 is 29.5 Å². The minimum absolute atomic E-state index is 0.0211. The van der Waals surface area contributed by atoms with Gasteiger partial charge in [-0.2, -0.15) is 0 Å². The van der Waals surface area contributed by atoms with E-state index in [0.717, 1.165) is 65.3 Å². The number of hydrogen-bond acceptors (Lipinski definition) is 9. The number of carbonyl (C=O) groups excluding carboxylic acids is 3. The largest absolute Gasteiger partial charge is 0.494 e. The van der Waals surface area contributed by atoms with E-state index in [-0.39, 0.29) is 23.2 Å². The lowest BCUT2D eigenvalue weighted by atomic mass is 9.95. The Bertz CT molecular complexity index is 1680. The van der Waals surface area contributed by atoms with Crippen LogP contribution < -0.4 is 10.1 Å². The van der Waals surface area contributed by atoms with Crippen molar-refractivity contribution in [2.45, 2.75) is 91.5 Å². The molecule has 1 amide bonds. The maximum atomic E-state index is 12.7. The van der Waals surface area contributed by atoms with Crippen LogP contribution in [0.2, 0.25) is 0 Å². The SMILES string of the molecule is CC.CCCCCCCOc1ccc(-c2cnc(-c3ccc(CC(C=O)NC(=O)c4ccc(C(C)(C)C)s4)cc3)nc2)cc1.COC(=O)C1CN(C)C1. The number of methoxy groups -OCH3 is 1. The first-order valence-corrected chi connectivity index (χ1v) is 19.6. The number of amides is 1. The number of ether oxygens (including phenoxy) is 2. The fourth-order valence-electron chi connectivity index (χ4n) is 5.56. The van der Waals surface area contributed by atoms with E-state index in [2.05, 4.69) is 52.6 Å². The highest BCUT2D eigenvalue weighted by Crippen LogP contribution is 2.29. The van der Waals surface area contributed by atoms with Crippen LogP contribution in [-0.4, -0.2) is 72.9 Å². The van der Waals surface area contributed by atoms with E-state index < -0.39 is 6.04 Å². The first-order valence-electron chi connectivity index (χ1n) is 18.8. The molecule has 0 spiro atoms. The van der Waals surface area contributed by atoms with Crippen molar-refractivity contribution in [2.75, 3.05) is 33.9 Å². The molecular formula is C43H58N4O5S. The van der Waals surface area contributed by atoms with Gasteiger partial charge in [-0.05, 0) is 60.7 Å². The van der Waals surface area contributed by atoms with Crippen molar-refractivity contribution in [3.05, 3.63) is 88.4 Å². The molecule has 1 atom stereocenters. The normalized spacial score (nSPS) is 13.3. The summed E-state index contributed by atoms with van der Waals surface area (Å²) in [4.78, 5) is 48.2. The highest BCUT2D eigenvalue weighted by molar-refractivity contribution is 7.14. The standard InChI is InChI=1S/C35H41N3O3S.C6H11NO2.C2H6/c1-5-6-7-8-9-20-41-30-16-14-26(15-17-30)28-22-36-33(37-23-28)27-12-10-25(11-13-27)21-29(24-39)38-34(40)31-18-19-32(42-31)35(2,3)4;1-7-3-5(4-7)6(8)9-2;1-2/h10-19,22-24,29H,5-9,20-21H2,1-4H3,(H,38,40);5H,3-4H2,1-2H3;1-2H3. The van der Waals surface area contributed by atoms with Gasteiger partial charge in [0.25, 0.3) is 5.91 Å². The highest BCUT2D eigenvalue weighted by atomic mass is 32.1. The second kappa shape index (κ2) is 22.0. The first kappa shape index (κ1) is 43.0. The molecule has 0 aliphatic carbocycles. The second-order valence-electron chi connectivity index (χ2n) is 14.1. The minimum atomic E-state index is -0.610. The third-order valence-corrected chi connectivity index (χ3v) is 10.2. The molecule has 10 heteroatoms. The van der Waals surface area contributed by atoms with E-state index in [1.807, 2.05) is 94.0 Å². The molecule has 3 heterocycles. The number of unbranched alkanes of at least 4 members (excludes halogenated alkanes) is 4. The van der Waals surface area contributed by atoms with Gasteiger partial charge >= 0.3 is 5.97 Å². The molecule has 286 valence electrons. The van der Waals surface area contributed by atoms with Crippen LogP contribution in [0.5, 0.6) is 5.75 Å². The Balaban J connectivity index is 0.000000593. The molecule has 1 fully saturated rings. The molecule has 0 saturated carbocycles. The van der Waals surface area contributed by atoms with Crippen LogP contribution in [0.3, 0.4) is 0 Å². The molecule has 1 aliphatic heterocycles. The number of carbonyl (C=O) groups is 3. The summed E-state index contributed by atoms with van der Waals surface area (Å²) in [5, 5.41) is 2.86. The second-order valence-corrected chi connectivity index (χ2v) is 15.1. The Morgan fingerprint density at radius 3 is 2.08 bits per heavy atom. The topological polar surface area (TPSA) is 111 Å². The Kier molecular flexibility index (Phi) is 17.8. The fraction of sp³-hybridized carbons (Fsp3) is 0.465. The van der Waals surface area contributed by atoms with E-state index in [1.165, 1.54) is 44.1 Å². The number of aldehydes is 1. The van der Waals surface area contributed by atoms with E-state index in [1.54, 1.807) is 0 Å². The number of nitrogens with one attached hydrogen (secondary N) is 1. The Morgan fingerprint density at radius 2 is 1.53 bits per heavy atom. The summed E-state index contributed by atoms with van der Waals surface area (Å²) in [6, 6.07) is 19.0. The Hall–Kier alpha value is -4.41. The van der Waals surface area contributed by atoms with E-state index in [9.17, 15) is 14.4 Å². The van der Waals surface area contributed by atoms with Gasteiger partial charge in [-0.15, -0.1) is 11.3 Å². The molecule has 53 heavy (non-hydrogen) atoms. The van der Waals surface area contributed by atoms with Crippen LogP contribution in [0.15, 0.2) is 73.1 Å². The molecule has 9 nitrogen and oxygen atoms in total. The number of esters is 1. The lowest BCUT2D eigenvalue weighted by Gasteiger charge is -2.33. The van der Waals surface area contributed by atoms with Crippen LogP contribution in [0, 0.1) is 5.92 Å². The zero-order valence-corrected chi connectivity index (χ0v) is 33.6. The number of benzene rings is 2. The molecule has 1 unspecified atom stereocenters. The van der Waals surface area contributed by atoms with Crippen molar-refractivity contribution in [2.24, 2.45) is 5.92 Å². The van der Waals surface area contributed by atoms with Gasteiger partial charge in [-0.1, -0.05) is 104 Å². The van der Waals surface area contributed by atoms with E-state index in [4.69, 9.17) is 4.74 Å². The molecule has 1 aliphatic rings.